The Bertz CT molecular complexity index is 505. The van der Waals surface area contributed by atoms with Gasteiger partial charge >= 0.3 is 0 Å². The highest BCUT2D eigenvalue weighted by Crippen LogP contribution is 2.21. The number of carbonyl (C=O) groups is 1. The summed E-state index contributed by atoms with van der Waals surface area (Å²) in [6.45, 7) is 11.5. The molecule has 1 aromatic rings. The molecule has 2 rings (SSSR count). The highest BCUT2D eigenvalue weighted by atomic mass is 16.2. The molecule has 1 heterocycles. The van der Waals surface area contributed by atoms with Gasteiger partial charge in [0.2, 0.25) is 5.91 Å². The number of nitrogens with one attached hydrogen (secondary N) is 1. The molecule has 1 fully saturated rings. The van der Waals surface area contributed by atoms with Gasteiger partial charge in [0.25, 0.3) is 0 Å². The van der Waals surface area contributed by atoms with E-state index in [0.717, 1.165) is 37.0 Å². The fourth-order valence-corrected chi connectivity index (χ4v) is 3.66. The zero-order chi connectivity index (χ0) is 17.0. The Labute approximate surface area is 140 Å². The summed E-state index contributed by atoms with van der Waals surface area (Å²) in [5, 5.41) is 3.09. The Morgan fingerprint density at radius 3 is 2.43 bits per heavy atom. The van der Waals surface area contributed by atoms with Crippen molar-refractivity contribution in [1.82, 2.24) is 10.2 Å². The zero-order valence-corrected chi connectivity index (χ0v) is 14.9. The normalized spacial score (nSPS) is 26.3. The Hall–Kier alpha value is -1.39. The van der Waals surface area contributed by atoms with Crippen LogP contribution in [0.15, 0.2) is 30.3 Å². The third kappa shape index (κ3) is 4.79. The van der Waals surface area contributed by atoms with Crippen LogP contribution in [0.1, 0.15) is 39.7 Å². The van der Waals surface area contributed by atoms with Gasteiger partial charge < -0.3 is 16.0 Å². The van der Waals surface area contributed by atoms with Crippen LogP contribution in [0.5, 0.6) is 0 Å². The molecule has 4 nitrogen and oxygen atoms in total. The van der Waals surface area contributed by atoms with Crippen LogP contribution < -0.4 is 11.1 Å². The van der Waals surface area contributed by atoms with Gasteiger partial charge in [-0.15, -0.1) is 0 Å². The van der Waals surface area contributed by atoms with Gasteiger partial charge in [0.1, 0.15) is 5.54 Å². The minimum Gasteiger partial charge on any atom is -0.350 e. The van der Waals surface area contributed by atoms with Crippen LogP contribution in [0.2, 0.25) is 0 Å². The van der Waals surface area contributed by atoms with Gasteiger partial charge in [-0.1, -0.05) is 44.2 Å². The Morgan fingerprint density at radius 1 is 1.30 bits per heavy atom. The summed E-state index contributed by atoms with van der Waals surface area (Å²) in [5.74, 6) is 1.34. The van der Waals surface area contributed by atoms with Crippen molar-refractivity contribution in [3.63, 3.8) is 0 Å². The third-order valence-electron chi connectivity index (χ3n) is 4.70. The van der Waals surface area contributed by atoms with Crippen molar-refractivity contribution in [3.05, 3.63) is 35.9 Å². The van der Waals surface area contributed by atoms with E-state index < -0.39 is 5.54 Å². The maximum absolute atomic E-state index is 12.6. The highest BCUT2D eigenvalue weighted by molar-refractivity contribution is 5.87. The van der Waals surface area contributed by atoms with Gasteiger partial charge in [0, 0.05) is 25.7 Å². The molecule has 4 atom stereocenters. The number of hydrogen-bond donors (Lipinski definition) is 2. The molecular weight excluding hydrogens is 286 g/mol. The summed E-state index contributed by atoms with van der Waals surface area (Å²) < 4.78 is 0. The van der Waals surface area contributed by atoms with Crippen molar-refractivity contribution >= 4 is 5.91 Å². The Balaban J connectivity index is 1.92. The van der Waals surface area contributed by atoms with Crippen LogP contribution in [-0.2, 0) is 10.3 Å². The standard InChI is InChI=1S/C19H31N3O/c1-14-10-15(2)12-22(11-14)13-16(3)21-18(23)19(4,20)17-8-6-5-7-9-17/h5-9,14-16H,10-13,20H2,1-4H3,(H,21,23). The van der Waals surface area contributed by atoms with Crippen molar-refractivity contribution in [2.75, 3.05) is 19.6 Å². The van der Waals surface area contributed by atoms with Crippen LogP contribution >= 0.6 is 0 Å². The fourth-order valence-electron chi connectivity index (χ4n) is 3.66. The number of benzene rings is 1. The summed E-state index contributed by atoms with van der Waals surface area (Å²) in [4.78, 5) is 15.0. The van der Waals surface area contributed by atoms with Gasteiger partial charge in [-0.3, -0.25) is 4.79 Å². The summed E-state index contributed by atoms with van der Waals surface area (Å²) in [5.41, 5.74) is 6.12. The topological polar surface area (TPSA) is 58.4 Å². The number of carbonyl (C=O) groups excluding carboxylic acids is 1. The lowest BCUT2D eigenvalue weighted by Gasteiger charge is -2.37. The van der Waals surface area contributed by atoms with Gasteiger partial charge in [-0.05, 0) is 37.7 Å². The summed E-state index contributed by atoms with van der Waals surface area (Å²) in [6, 6.07) is 9.64. The number of nitrogens with two attached hydrogens (primary N) is 1. The highest BCUT2D eigenvalue weighted by Gasteiger charge is 2.31. The van der Waals surface area contributed by atoms with Crippen molar-refractivity contribution in [3.8, 4) is 0 Å². The minimum atomic E-state index is -1.00. The van der Waals surface area contributed by atoms with Crippen LogP contribution in [-0.4, -0.2) is 36.5 Å². The van der Waals surface area contributed by atoms with E-state index in [9.17, 15) is 4.79 Å². The van der Waals surface area contributed by atoms with Crippen molar-refractivity contribution < 1.29 is 4.79 Å². The van der Waals surface area contributed by atoms with E-state index in [-0.39, 0.29) is 11.9 Å². The van der Waals surface area contributed by atoms with E-state index >= 15 is 0 Å². The van der Waals surface area contributed by atoms with E-state index in [1.54, 1.807) is 6.92 Å². The van der Waals surface area contributed by atoms with E-state index in [2.05, 4.69) is 31.0 Å². The second-order valence-electron chi connectivity index (χ2n) is 7.61. The van der Waals surface area contributed by atoms with E-state index in [0.29, 0.717) is 0 Å². The zero-order valence-electron chi connectivity index (χ0n) is 14.9. The molecule has 0 saturated carbocycles. The molecule has 1 saturated heterocycles. The predicted octanol–water partition coefficient (Wildman–Crippen LogP) is 2.34. The van der Waals surface area contributed by atoms with Crippen molar-refractivity contribution in [2.45, 2.75) is 45.7 Å². The monoisotopic (exact) mass is 317 g/mol. The molecule has 1 aliphatic rings. The maximum Gasteiger partial charge on any atom is 0.244 e. The van der Waals surface area contributed by atoms with E-state index in [1.165, 1.54) is 6.42 Å². The Kier molecular flexibility index (Phi) is 5.82. The second-order valence-corrected chi connectivity index (χ2v) is 7.61. The Morgan fingerprint density at radius 2 is 1.87 bits per heavy atom. The van der Waals surface area contributed by atoms with E-state index in [1.807, 2.05) is 30.3 Å². The van der Waals surface area contributed by atoms with E-state index in [4.69, 9.17) is 5.73 Å². The SMILES string of the molecule is CC1CC(C)CN(CC(C)NC(=O)C(C)(N)c2ccccc2)C1. The molecule has 0 bridgehead atoms. The molecule has 0 spiro atoms. The molecule has 128 valence electrons. The minimum absolute atomic E-state index is 0.0894. The van der Waals surface area contributed by atoms with Crippen LogP contribution in [0.4, 0.5) is 0 Å². The average molecular weight is 317 g/mol. The molecule has 0 aromatic heterocycles. The summed E-state index contributed by atoms with van der Waals surface area (Å²) in [6.07, 6.45) is 1.30. The number of piperidine rings is 1. The molecule has 4 heteroatoms. The summed E-state index contributed by atoms with van der Waals surface area (Å²) in [7, 11) is 0. The third-order valence-corrected chi connectivity index (χ3v) is 4.70. The number of amides is 1. The van der Waals surface area contributed by atoms with Crippen molar-refractivity contribution in [1.29, 1.82) is 0 Å². The smallest absolute Gasteiger partial charge is 0.244 e. The molecular formula is C19H31N3O. The van der Waals surface area contributed by atoms with Gasteiger partial charge in [-0.25, -0.2) is 0 Å². The molecule has 3 N–H and O–H groups in total. The maximum atomic E-state index is 12.6. The first-order chi connectivity index (χ1) is 10.8. The largest absolute Gasteiger partial charge is 0.350 e. The van der Waals surface area contributed by atoms with Gasteiger partial charge in [0.15, 0.2) is 0 Å². The molecule has 0 radical (unpaired) electrons. The molecule has 4 unspecified atom stereocenters. The molecule has 1 aliphatic heterocycles. The first-order valence-electron chi connectivity index (χ1n) is 8.66. The van der Waals surface area contributed by atoms with Crippen LogP contribution in [0.25, 0.3) is 0 Å². The van der Waals surface area contributed by atoms with Gasteiger partial charge in [-0.2, -0.15) is 0 Å². The lowest BCUT2D eigenvalue weighted by molar-refractivity contribution is -0.126. The lowest BCUT2D eigenvalue weighted by atomic mass is 9.91. The van der Waals surface area contributed by atoms with Crippen molar-refractivity contribution in [2.24, 2.45) is 17.6 Å². The lowest BCUT2D eigenvalue weighted by Crippen LogP contribution is -2.54. The quantitative estimate of drug-likeness (QED) is 0.876. The number of rotatable bonds is 5. The first kappa shape index (κ1) is 18.0. The molecule has 1 amide bonds. The molecule has 1 aromatic carbocycles. The molecule has 0 aliphatic carbocycles. The van der Waals surface area contributed by atoms with Gasteiger partial charge in [0.05, 0.1) is 0 Å². The number of hydrogen-bond acceptors (Lipinski definition) is 3. The molecule has 23 heavy (non-hydrogen) atoms. The van der Waals surface area contributed by atoms with Crippen LogP contribution in [0.3, 0.4) is 0 Å². The first-order valence-corrected chi connectivity index (χ1v) is 8.66. The predicted molar refractivity (Wildman–Crippen MR) is 95.0 cm³/mol. The fraction of sp³-hybridized carbons (Fsp3) is 0.632. The summed E-state index contributed by atoms with van der Waals surface area (Å²) >= 11 is 0. The average Bonchev–Trinajstić information content (AvgIpc) is 2.46. The number of likely N-dealkylation sites (tertiary alicyclic amines) is 1. The van der Waals surface area contributed by atoms with Crippen LogP contribution in [0, 0.1) is 11.8 Å². The number of nitrogens with zero attached hydrogens (tertiary/aromatic N) is 1. The second kappa shape index (κ2) is 7.45.